The van der Waals surface area contributed by atoms with Gasteiger partial charge in [0, 0.05) is 16.1 Å². The van der Waals surface area contributed by atoms with Crippen LogP contribution in [0, 0.1) is 6.92 Å². The number of nitrogens with one attached hydrogen (secondary N) is 1. The molecule has 1 aromatic carbocycles. The van der Waals surface area contributed by atoms with E-state index >= 15 is 0 Å². The van der Waals surface area contributed by atoms with Crippen molar-refractivity contribution in [2.24, 2.45) is 0 Å². The number of benzene rings is 1. The van der Waals surface area contributed by atoms with E-state index in [1.165, 1.54) is 0 Å². The SMILES string of the molecule is Cc1ccc(Br)cc1C(=O)N[C@H](C)CO. The Labute approximate surface area is 97.6 Å². The van der Waals surface area contributed by atoms with Gasteiger partial charge < -0.3 is 10.4 Å². The zero-order valence-corrected chi connectivity index (χ0v) is 10.3. The van der Waals surface area contributed by atoms with Gasteiger partial charge in [0.1, 0.15) is 0 Å². The van der Waals surface area contributed by atoms with Gasteiger partial charge in [0.25, 0.3) is 5.91 Å². The Morgan fingerprint density at radius 2 is 2.27 bits per heavy atom. The summed E-state index contributed by atoms with van der Waals surface area (Å²) in [4.78, 5) is 11.7. The summed E-state index contributed by atoms with van der Waals surface area (Å²) in [6, 6.07) is 5.31. The zero-order chi connectivity index (χ0) is 11.4. The van der Waals surface area contributed by atoms with Crippen LogP contribution in [0.3, 0.4) is 0 Å². The number of halogens is 1. The highest BCUT2D eigenvalue weighted by atomic mass is 79.9. The van der Waals surface area contributed by atoms with E-state index in [4.69, 9.17) is 5.11 Å². The summed E-state index contributed by atoms with van der Waals surface area (Å²) in [7, 11) is 0. The van der Waals surface area contributed by atoms with Gasteiger partial charge in [-0.15, -0.1) is 0 Å². The third kappa shape index (κ3) is 3.32. The summed E-state index contributed by atoms with van der Waals surface area (Å²) in [5.74, 6) is -0.157. The molecule has 0 fully saturated rings. The minimum absolute atomic E-state index is 0.0568. The van der Waals surface area contributed by atoms with Crippen LogP contribution in [0.4, 0.5) is 0 Å². The maximum absolute atomic E-state index is 11.7. The van der Waals surface area contributed by atoms with Gasteiger partial charge >= 0.3 is 0 Å². The normalized spacial score (nSPS) is 12.3. The van der Waals surface area contributed by atoms with Crippen molar-refractivity contribution in [2.45, 2.75) is 19.9 Å². The van der Waals surface area contributed by atoms with Gasteiger partial charge in [0.05, 0.1) is 6.61 Å². The molecule has 0 bridgehead atoms. The van der Waals surface area contributed by atoms with E-state index in [1.807, 2.05) is 19.1 Å². The van der Waals surface area contributed by atoms with Gasteiger partial charge in [-0.1, -0.05) is 22.0 Å². The molecule has 0 heterocycles. The van der Waals surface area contributed by atoms with Gasteiger partial charge in [-0.2, -0.15) is 0 Å². The lowest BCUT2D eigenvalue weighted by molar-refractivity contribution is 0.0921. The van der Waals surface area contributed by atoms with Gasteiger partial charge in [-0.25, -0.2) is 0 Å². The van der Waals surface area contributed by atoms with Crippen molar-refractivity contribution in [3.63, 3.8) is 0 Å². The molecule has 3 nitrogen and oxygen atoms in total. The molecule has 0 unspecified atom stereocenters. The van der Waals surface area contributed by atoms with Crippen molar-refractivity contribution in [3.8, 4) is 0 Å². The molecule has 82 valence electrons. The molecule has 1 atom stereocenters. The summed E-state index contributed by atoms with van der Waals surface area (Å²) in [6.07, 6.45) is 0. The lowest BCUT2D eigenvalue weighted by Crippen LogP contribution is -2.35. The summed E-state index contributed by atoms with van der Waals surface area (Å²) < 4.78 is 0.870. The van der Waals surface area contributed by atoms with Crippen LogP contribution in [-0.2, 0) is 0 Å². The fraction of sp³-hybridized carbons (Fsp3) is 0.364. The van der Waals surface area contributed by atoms with E-state index in [1.54, 1.807) is 13.0 Å². The molecular weight excluding hydrogens is 258 g/mol. The maximum atomic E-state index is 11.7. The first-order valence-corrected chi connectivity index (χ1v) is 5.51. The fourth-order valence-electron chi connectivity index (χ4n) is 1.19. The molecule has 1 amide bonds. The Morgan fingerprint density at radius 3 is 2.87 bits per heavy atom. The van der Waals surface area contributed by atoms with E-state index in [0.29, 0.717) is 5.56 Å². The average molecular weight is 272 g/mol. The van der Waals surface area contributed by atoms with Crippen molar-refractivity contribution < 1.29 is 9.90 Å². The van der Waals surface area contributed by atoms with Gasteiger partial charge in [-0.05, 0) is 31.5 Å². The first-order valence-electron chi connectivity index (χ1n) is 4.72. The molecule has 0 aliphatic heterocycles. The van der Waals surface area contributed by atoms with Crippen LogP contribution in [0.15, 0.2) is 22.7 Å². The third-order valence-electron chi connectivity index (χ3n) is 2.10. The second-order valence-electron chi connectivity index (χ2n) is 3.52. The van der Waals surface area contributed by atoms with E-state index in [9.17, 15) is 4.79 Å². The smallest absolute Gasteiger partial charge is 0.251 e. The standard InChI is InChI=1S/C11H14BrNO2/c1-7-3-4-9(12)5-10(7)11(15)13-8(2)6-14/h3-5,8,14H,6H2,1-2H3,(H,13,15)/t8-/m1/s1. The molecule has 4 heteroatoms. The Balaban J connectivity index is 2.86. The van der Waals surface area contributed by atoms with Crippen LogP contribution < -0.4 is 5.32 Å². The number of hydrogen-bond donors (Lipinski definition) is 2. The second kappa shape index (κ2) is 5.28. The summed E-state index contributed by atoms with van der Waals surface area (Å²) in [6.45, 7) is 3.58. The lowest BCUT2D eigenvalue weighted by atomic mass is 10.1. The van der Waals surface area contributed by atoms with Crippen LogP contribution in [0.25, 0.3) is 0 Å². The number of rotatable bonds is 3. The third-order valence-corrected chi connectivity index (χ3v) is 2.59. The number of carbonyl (C=O) groups excluding carboxylic acids is 1. The Morgan fingerprint density at radius 1 is 1.60 bits per heavy atom. The number of aliphatic hydroxyl groups is 1. The van der Waals surface area contributed by atoms with Crippen molar-refractivity contribution in [1.29, 1.82) is 0 Å². The molecule has 0 spiro atoms. The zero-order valence-electron chi connectivity index (χ0n) is 8.75. The average Bonchev–Trinajstić information content (AvgIpc) is 2.21. The minimum atomic E-state index is -0.226. The first-order chi connectivity index (χ1) is 7.04. The summed E-state index contributed by atoms with van der Waals surface area (Å²) in [5.41, 5.74) is 1.55. The van der Waals surface area contributed by atoms with E-state index in [2.05, 4.69) is 21.2 Å². The van der Waals surface area contributed by atoms with E-state index < -0.39 is 0 Å². The number of amides is 1. The molecule has 0 aliphatic carbocycles. The number of aryl methyl sites for hydroxylation is 1. The molecular formula is C11H14BrNO2. The molecule has 2 N–H and O–H groups in total. The van der Waals surface area contributed by atoms with Crippen LogP contribution in [0.1, 0.15) is 22.8 Å². The largest absolute Gasteiger partial charge is 0.394 e. The van der Waals surface area contributed by atoms with E-state index in [-0.39, 0.29) is 18.6 Å². The number of hydrogen-bond acceptors (Lipinski definition) is 2. The molecule has 1 rings (SSSR count). The monoisotopic (exact) mass is 271 g/mol. The van der Waals surface area contributed by atoms with Crippen LogP contribution in [-0.4, -0.2) is 23.7 Å². The highest BCUT2D eigenvalue weighted by Gasteiger charge is 2.11. The number of carbonyl (C=O) groups is 1. The number of aliphatic hydroxyl groups excluding tert-OH is 1. The summed E-state index contributed by atoms with van der Waals surface area (Å²) >= 11 is 3.32. The van der Waals surface area contributed by atoms with Crippen molar-refractivity contribution >= 4 is 21.8 Å². The molecule has 0 aliphatic rings. The van der Waals surface area contributed by atoms with Gasteiger partial charge in [-0.3, -0.25) is 4.79 Å². The van der Waals surface area contributed by atoms with Crippen LogP contribution in [0.5, 0.6) is 0 Å². The van der Waals surface area contributed by atoms with Crippen molar-refractivity contribution in [1.82, 2.24) is 5.32 Å². The topological polar surface area (TPSA) is 49.3 Å². The lowest BCUT2D eigenvalue weighted by Gasteiger charge is -2.12. The van der Waals surface area contributed by atoms with Crippen LogP contribution in [0.2, 0.25) is 0 Å². The van der Waals surface area contributed by atoms with Gasteiger partial charge in [0.2, 0.25) is 0 Å². The predicted octanol–water partition coefficient (Wildman–Crippen LogP) is 1.87. The Bertz CT molecular complexity index is 366. The molecule has 0 saturated heterocycles. The predicted molar refractivity (Wildman–Crippen MR) is 62.9 cm³/mol. The molecule has 1 aromatic rings. The summed E-state index contributed by atoms with van der Waals surface area (Å²) in [5, 5.41) is 11.5. The molecule has 15 heavy (non-hydrogen) atoms. The molecule has 0 aromatic heterocycles. The quantitative estimate of drug-likeness (QED) is 0.882. The first kappa shape index (κ1) is 12.2. The highest BCUT2D eigenvalue weighted by Crippen LogP contribution is 2.15. The minimum Gasteiger partial charge on any atom is -0.394 e. The molecule has 0 saturated carbocycles. The van der Waals surface area contributed by atoms with E-state index in [0.717, 1.165) is 10.0 Å². The fourth-order valence-corrected chi connectivity index (χ4v) is 1.55. The second-order valence-corrected chi connectivity index (χ2v) is 4.43. The highest BCUT2D eigenvalue weighted by molar-refractivity contribution is 9.10. The Hall–Kier alpha value is -0.870. The van der Waals surface area contributed by atoms with Crippen LogP contribution >= 0.6 is 15.9 Å². The maximum Gasteiger partial charge on any atom is 0.251 e. The molecule has 0 radical (unpaired) electrons. The Kier molecular flexibility index (Phi) is 4.29. The van der Waals surface area contributed by atoms with Crippen molar-refractivity contribution in [3.05, 3.63) is 33.8 Å². The van der Waals surface area contributed by atoms with Gasteiger partial charge in [0.15, 0.2) is 0 Å². The van der Waals surface area contributed by atoms with Crippen molar-refractivity contribution in [2.75, 3.05) is 6.61 Å².